The molecule has 0 fully saturated rings. The van der Waals surface area contributed by atoms with Crippen molar-refractivity contribution in [2.24, 2.45) is 7.05 Å². The first-order valence-corrected chi connectivity index (χ1v) is 6.60. The number of rotatable bonds is 3. The molecule has 1 aromatic carbocycles. The number of hydrogen-bond acceptors (Lipinski definition) is 3. The average molecular weight is 272 g/mol. The van der Waals surface area contributed by atoms with Crippen molar-refractivity contribution in [1.82, 2.24) is 20.3 Å². The summed E-state index contributed by atoms with van der Waals surface area (Å²) in [4.78, 5) is 11.8. The number of benzene rings is 1. The maximum atomic E-state index is 11.8. The second-order valence-corrected chi connectivity index (χ2v) is 5.91. The Bertz CT molecular complexity index is 593. The lowest BCUT2D eigenvalue weighted by molar-refractivity contribution is 0.0946. The number of aryl methyl sites for hydroxylation is 1. The molecule has 0 aliphatic heterocycles. The molecule has 5 heteroatoms. The highest BCUT2D eigenvalue weighted by Gasteiger charge is 2.13. The smallest absolute Gasteiger partial charge is 0.273 e. The van der Waals surface area contributed by atoms with E-state index in [2.05, 4.69) is 48.5 Å². The average Bonchev–Trinajstić information content (AvgIpc) is 2.82. The van der Waals surface area contributed by atoms with E-state index in [1.807, 2.05) is 12.1 Å². The summed E-state index contributed by atoms with van der Waals surface area (Å²) in [6.07, 6.45) is 1.60. The van der Waals surface area contributed by atoms with Gasteiger partial charge in [-0.2, -0.15) is 0 Å². The first-order chi connectivity index (χ1) is 9.36. The molecule has 0 aliphatic carbocycles. The molecule has 1 aromatic heterocycles. The normalized spacial score (nSPS) is 11.4. The molecular weight excluding hydrogens is 252 g/mol. The van der Waals surface area contributed by atoms with E-state index in [0.717, 1.165) is 5.56 Å². The molecule has 0 bridgehead atoms. The molecule has 1 N–H and O–H groups in total. The van der Waals surface area contributed by atoms with Gasteiger partial charge in [-0.05, 0) is 16.5 Å². The molecular formula is C15H20N4O. The first kappa shape index (κ1) is 14.2. The zero-order valence-electron chi connectivity index (χ0n) is 12.3. The number of nitrogens with one attached hydrogen (secondary N) is 1. The van der Waals surface area contributed by atoms with E-state index in [4.69, 9.17) is 0 Å². The Morgan fingerprint density at radius 3 is 2.40 bits per heavy atom. The fourth-order valence-corrected chi connectivity index (χ4v) is 1.85. The van der Waals surface area contributed by atoms with E-state index in [1.165, 1.54) is 10.2 Å². The van der Waals surface area contributed by atoms with Gasteiger partial charge in [-0.25, -0.2) is 0 Å². The van der Waals surface area contributed by atoms with Crippen LogP contribution in [0.4, 0.5) is 0 Å². The Morgan fingerprint density at radius 2 is 1.90 bits per heavy atom. The summed E-state index contributed by atoms with van der Waals surface area (Å²) >= 11 is 0. The molecule has 0 unspecified atom stereocenters. The number of carbonyl (C=O) groups is 1. The highest BCUT2D eigenvalue weighted by atomic mass is 16.2. The van der Waals surface area contributed by atoms with Crippen LogP contribution in [0.25, 0.3) is 0 Å². The molecule has 1 heterocycles. The SMILES string of the molecule is Cn1cc(C(=O)NCc2ccc(C(C)(C)C)cc2)nn1. The molecule has 0 aliphatic rings. The molecule has 0 radical (unpaired) electrons. The molecule has 0 saturated heterocycles. The Labute approximate surface area is 119 Å². The summed E-state index contributed by atoms with van der Waals surface area (Å²) < 4.78 is 1.51. The van der Waals surface area contributed by atoms with Crippen LogP contribution in [0.5, 0.6) is 0 Å². The quantitative estimate of drug-likeness (QED) is 0.930. The van der Waals surface area contributed by atoms with Gasteiger partial charge in [0.2, 0.25) is 0 Å². The summed E-state index contributed by atoms with van der Waals surface area (Å²) in [6, 6.07) is 8.28. The summed E-state index contributed by atoms with van der Waals surface area (Å²) in [7, 11) is 1.73. The third-order valence-corrected chi connectivity index (χ3v) is 3.11. The fraction of sp³-hybridized carbons (Fsp3) is 0.400. The van der Waals surface area contributed by atoms with Crippen LogP contribution in [0.3, 0.4) is 0 Å². The minimum absolute atomic E-state index is 0.140. The number of amides is 1. The molecule has 106 valence electrons. The van der Waals surface area contributed by atoms with Gasteiger partial charge in [0, 0.05) is 13.6 Å². The van der Waals surface area contributed by atoms with Crippen LogP contribution in [0.1, 0.15) is 42.4 Å². The van der Waals surface area contributed by atoms with Crippen molar-refractivity contribution in [2.75, 3.05) is 0 Å². The van der Waals surface area contributed by atoms with Crippen LogP contribution in [0.15, 0.2) is 30.5 Å². The van der Waals surface area contributed by atoms with Gasteiger partial charge in [-0.15, -0.1) is 5.10 Å². The van der Waals surface area contributed by atoms with Crippen LogP contribution in [-0.2, 0) is 19.0 Å². The van der Waals surface area contributed by atoms with Crippen molar-refractivity contribution < 1.29 is 4.79 Å². The van der Waals surface area contributed by atoms with Crippen LogP contribution < -0.4 is 5.32 Å². The zero-order valence-corrected chi connectivity index (χ0v) is 12.3. The van der Waals surface area contributed by atoms with Crippen LogP contribution >= 0.6 is 0 Å². The van der Waals surface area contributed by atoms with E-state index in [-0.39, 0.29) is 11.3 Å². The fourth-order valence-electron chi connectivity index (χ4n) is 1.85. The number of hydrogen-bond donors (Lipinski definition) is 1. The molecule has 2 aromatic rings. The van der Waals surface area contributed by atoms with Gasteiger partial charge in [0.25, 0.3) is 5.91 Å². The molecule has 5 nitrogen and oxygen atoms in total. The Kier molecular flexibility index (Phi) is 3.88. The molecule has 2 rings (SSSR count). The van der Waals surface area contributed by atoms with Crippen molar-refractivity contribution >= 4 is 5.91 Å². The predicted molar refractivity (Wildman–Crippen MR) is 77.3 cm³/mol. The first-order valence-electron chi connectivity index (χ1n) is 6.60. The summed E-state index contributed by atoms with van der Waals surface area (Å²) in [5, 5.41) is 10.3. The molecule has 0 atom stereocenters. The Hall–Kier alpha value is -2.17. The van der Waals surface area contributed by atoms with E-state index in [0.29, 0.717) is 12.2 Å². The zero-order chi connectivity index (χ0) is 14.8. The van der Waals surface area contributed by atoms with Crippen LogP contribution in [0.2, 0.25) is 0 Å². The lowest BCUT2D eigenvalue weighted by atomic mass is 9.87. The second-order valence-electron chi connectivity index (χ2n) is 5.91. The van der Waals surface area contributed by atoms with Crippen LogP contribution in [-0.4, -0.2) is 20.9 Å². The highest BCUT2D eigenvalue weighted by Crippen LogP contribution is 2.22. The standard InChI is InChI=1S/C15H20N4O/c1-15(2,3)12-7-5-11(6-8-12)9-16-14(20)13-10-19(4)18-17-13/h5-8,10H,9H2,1-4H3,(H,16,20). The maximum absolute atomic E-state index is 11.8. The van der Waals surface area contributed by atoms with Crippen molar-refractivity contribution in [2.45, 2.75) is 32.7 Å². The van der Waals surface area contributed by atoms with Crippen molar-refractivity contribution in [3.63, 3.8) is 0 Å². The topological polar surface area (TPSA) is 59.8 Å². The Balaban J connectivity index is 1.96. The van der Waals surface area contributed by atoms with Gasteiger partial charge in [0.1, 0.15) is 0 Å². The largest absolute Gasteiger partial charge is 0.347 e. The van der Waals surface area contributed by atoms with Gasteiger partial charge in [-0.3, -0.25) is 9.48 Å². The van der Waals surface area contributed by atoms with Crippen molar-refractivity contribution in [3.05, 3.63) is 47.3 Å². The summed E-state index contributed by atoms with van der Waals surface area (Å²) in [6.45, 7) is 7.02. The van der Waals surface area contributed by atoms with Gasteiger partial charge in [0.05, 0.1) is 6.20 Å². The van der Waals surface area contributed by atoms with Crippen molar-refractivity contribution in [1.29, 1.82) is 0 Å². The lowest BCUT2D eigenvalue weighted by Gasteiger charge is -2.19. The van der Waals surface area contributed by atoms with Crippen molar-refractivity contribution in [3.8, 4) is 0 Å². The number of nitrogens with zero attached hydrogens (tertiary/aromatic N) is 3. The lowest BCUT2D eigenvalue weighted by Crippen LogP contribution is -2.23. The number of aromatic nitrogens is 3. The predicted octanol–water partition coefficient (Wildman–Crippen LogP) is 2.04. The van der Waals surface area contributed by atoms with Gasteiger partial charge in [0.15, 0.2) is 5.69 Å². The Morgan fingerprint density at radius 1 is 1.25 bits per heavy atom. The monoisotopic (exact) mass is 272 g/mol. The maximum Gasteiger partial charge on any atom is 0.273 e. The van der Waals surface area contributed by atoms with Gasteiger partial charge in [-0.1, -0.05) is 50.3 Å². The third-order valence-electron chi connectivity index (χ3n) is 3.11. The van der Waals surface area contributed by atoms with E-state index >= 15 is 0 Å². The minimum Gasteiger partial charge on any atom is -0.347 e. The molecule has 0 saturated carbocycles. The molecule has 20 heavy (non-hydrogen) atoms. The molecule has 0 spiro atoms. The second kappa shape index (κ2) is 5.45. The van der Waals surface area contributed by atoms with E-state index in [9.17, 15) is 4.79 Å². The molecule has 1 amide bonds. The number of carbonyl (C=O) groups excluding carboxylic acids is 1. The third kappa shape index (κ3) is 3.44. The van der Waals surface area contributed by atoms with E-state index < -0.39 is 0 Å². The minimum atomic E-state index is -0.210. The van der Waals surface area contributed by atoms with Crippen LogP contribution in [0, 0.1) is 0 Å². The summed E-state index contributed by atoms with van der Waals surface area (Å²) in [5.74, 6) is -0.210. The van der Waals surface area contributed by atoms with Gasteiger partial charge < -0.3 is 5.32 Å². The highest BCUT2D eigenvalue weighted by molar-refractivity contribution is 5.91. The van der Waals surface area contributed by atoms with E-state index in [1.54, 1.807) is 13.2 Å². The van der Waals surface area contributed by atoms with Gasteiger partial charge >= 0.3 is 0 Å². The summed E-state index contributed by atoms with van der Waals surface area (Å²) in [5.41, 5.74) is 2.82.